The molecule has 21 heavy (non-hydrogen) atoms. The second-order valence-electron chi connectivity index (χ2n) is 7.09. The van der Waals surface area contributed by atoms with Crippen molar-refractivity contribution in [3.63, 3.8) is 0 Å². The van der Waals surface area contributed by atoms with Crippen LogP contribution in [0, 0.1) is 17.3 Å². The Balaban J connectivity index is 1.77. The lowest BCUT2D eigenvalue weighted by Crippen LogP contribution is -2.45. The molecule has 5 nitrogen and oxygen atoms in total. The third-order valence-corrected chi connectivity index (χ3v) is 5.14. The average Bonchev–Trinajstić information content (AvgIpc) is 3.01. The summed E-state index contributed by atoms with van der Waals surface area (Å²) in [6.07, 6.45) is 4.39. The molecule has 1 aliphatic heterocycles. The zero-order valence-corrected chi connectivity index (χ0v) is 13.4. The Labute approximate surface area is 127 Å². The van der Waals surface area contributed by atoms with Crippen molar-refractivity contribution in [2.45, 2.75) is 52.5 Å². The number of likely N-dealkylation sites (tertiary alicyclic amines) is 1. The fraction of sp³-hybridized carbons (Fsp3) is 0.875. The van der Waals surface area contributed by atoms with Gasteiger partial charge in [-0.3, -0.25) is 9.59 Å². The molecule has 0 aromatic rings. The highest BCUT2D eigenvalue weighted by Gasteiger charge is 2.65. The molecule has 1 aliphatic carbocycles. The number of hydrogen-bond donors (Lipinski definition) is 2. The van der Waals surface area contributed by atoms with Gasteiger partial charge in [0.15, 0.2) is 0 Å². The van der Waals surface area contributed by atoms with E-state index in [1.165, 1.54) is 12.8 Å². The molecule has 1 saturated carbocycles. The standard InChI is InChI=1S/C16H28N2O3/c1-4-5-8-18-9-6-11(7-10-18)17-14(19)12-13(15(20)21)16(12,2)3/h11-13H,4-10H2,1-3H3,(H,17,19)(H,20,21)/t12-,13+/m1/s1. The summed E-state index contributed by atoms with van der Waals surface area (Å²) in [4.78, 5) is 25.9. The number of nitrogens with zero attached hydrogens (tertiary/aromatic N) is 1. The highest BCUT2D eigenvalue weighted by Crippen LogP contribution is 2.58. The minimum Gasteiger partial charge on any atom is -0.481 e. The molecular weight excluding hydrogens is 268 g/mol. The fourth-order valence-electron chi connectivity index (χ4n) is 3.56. The normalized spacial score (nSPS) is 29.1. The molecule has 2 fully saturated rings. The molecule has 2 aliphatic rings. The van der Waals surface area contributed by atoms with E-state index in [-0.39, 0.29) is 17.9 Å². The van der Waals surface area contributed by atoms with Crippen molar-refractivity contribution < 1.29 is 14.7 Å². The molecule has 1 saturated heterocycles. The van der Waals surface area contributed by atoms with E-state index in [0.29, 0.717) is 0 Å². The van der Waals surface area contributed by atoms with Crippen LogP contribution in [0.4, 0.5) is 0 Å². The number of aliphatic carboxylic acids is 1. The SMILES string of the molecule is CCCCN1CCC(NC(=O)[C@H]2[C@@H](C(=O)O)C2(C)C)CC1. The van der Waals surface area contributed by atoms with E-state index in [1.807, 2.05) is 13.8 Å². The molecule has 2 rings (SSSR count). The molecule has 2 atom stereocenters. The van der Waals surface area contributed by atoms with Crippen molar-refractivity contribution in [1.29, 1.82) is 0 Å². The van der Waals surface area contributed by atoms with Gasteiger partial charge in [0.2, 0.25) is 5.91 Å². The molecular formula is C16H28N2O3. The van der Waals surface area contributed by atoms with Crippen molar-refractivity contribution in [3.05, 3.63) is 0 Å². The van der Waals surface area contributed by atoms with Crippen molar-refractivity contribution in [1.82, 2.24) is 10.2 Å². The van der Waals surface area contributed by atoms with Gasteiger partial charge in [0, 0.05) is 19.1 Å². The number of hydrogen-bond acceptors (Lipinski definition) is 3. The molecule has 0 radical (unpaired) electrons. The maximum Gasteiger partial charge on any atom is 0.307 e. The first kappa shape index (κ1) is 16.3. The van der Waals surface area contributed by atoms with Crippen LogP contribution < -0.4 is 5.32 Å². The summed E-state index contributed by atoms with van der Waals surface area (Å²) >= 11 is 0. The largest absolute Gasteiger partial charge is 0.481 e. The van der Waals surface area contributed by atoms with Crippen molar-refractivity contribution in [3.8, 4) is 0 Å². The monoisotopic (exact) mass is 296 g/mol. The number of nitrogens with one attached hydrogen (secondary N) is 1. The first-order chi connectivity index (χ1) is 9.87. The van der Waals surface area contributed by atoms with Gasteiger partial charge in [0.05, 0.1) is 11.8 Å². The maximum atomic E-state index is 12.3. The second kappa shape index (κ2) is 6.34. The van der Waals surface area contributed by atoms with Crippen LogP contribution in [0.3, 0.4) is 0 Å². The molecule has 0 aromatic carbocycles. The van der Waals surface area contributed by atoms with Gasteiger partial charge in [-0.15, -0.1) is 0 Å². The van der Waals surface area contributed by atoms with Crippen LogP contribution in [0.1, 0.15) is 46.5 Å². The van der Waals surface area contributed by atoms with E-state index in [0.717, 1.165) is 32.5 Å². The first-order valence-electron chi connectivity index (χ1n) is 8.13. The summed E-state index contributed by atoms with van der Waals surface area (Å²) in [7, 11) is 0. The van der Waals surface area contributed by atoms with Gasteiger partial charge in [0.25, 0.3) is 0 Å². The number of piperidine rings is 1. The molecule has 1 amide bonds. The zero-order chi connectivity index (χ0) is 15.6. The third-order valence-electron chi connectivity index (χ3n) is 5.14. The molecule has 0 unspecified atom stereocenters. The number of amides is 1. The fourth-order valence-corrected chi connectivity index (χ4v) is 3.56. The Morgan fingerprint density at radius 3 is 2.33 bits per heavy atom. The van der Waals surface area contributed by atoms with E-state index in [1.54, 1.807) is 0 Å². The van der Waals surface area contributed by atoms with Crippen molar-refractivity contribution in [2.24, 2.45) is 17.3 Å². The van der Waals surface area contributed by atoms with Gasteiger partial charge < -0.3 is 15.3 Å². The number of carboxylic acids is 1. The lowest BCUT2D eigenvalue weighted by molar-refractivity contribution is -0.140. The molecule has 0 aromatic heterocycles. The van der Waals surface area contributed by atoms with Crippen LogP contribution in [-0.2, 0) is 9.59 Å². The lowest BCUT2D eigenvalue weighted by atomic mass is 10.0. The average molecular weight is 296 g/mol. The van der Waals surface area contributed by atoms with E-state index < -0.39 is 17.3 Å². The Morgan fingerprint density at radius 1 is 1.24 bits per heavy atom. The summed E-state index contributed by atoms with van der Waals surface area (Å²) in [6, 6.07) is 0.209. The van der Waals surface area contributed by atoms with E-state index in [9.17, 15) is 9.59 Å². The van der Waals surface area contributed by atoms with Crippen LogP contribution in [-0.4, -0.2) is 47.6 Å². The van der Waals surface area contributed by atoms with Crippen LogP contribution in [0.2, 0.25) is 0 Å². The number of carbonyl (C=O) groups excluding carboxylic acids is 1. The summed E-state index contributed by atoms with van der Waals surface area (Å²) < 4.78 is 0. The van der Waals surface area contributed by atoms with Gasteiger partial charge in [-0.2, -0.15) is 0 Å². The van der Waals surface area contributed by atoms with Gasteiger partial charge in [0.1, 0.15) is 0 Å². The van der Waals surface area contributed by atoms with Gasteiger partial charge in [-0.05, 0) is 31.2 Å². The zero-order valence-electron chi connectivity index (χ0n) is 13.4. The van der Waals surface area contributed by atoms with Crippen LogP contribution in [0.15, 0.2) is 0 Å². The Bertz CT molecular complexity index is 400. The van der Waals surface area contributed by atoms with Gasteiger partial charge in [-0.1, -0.05) is 27.2 Å². The highest BCUT2D eigenvalue weighted by atomic mass is 16.4. The minimum absolute atomic E-state index is 0.0700. The first-order valence-corrected chi connectivity index (χ1v) is 8.13. The third kappa shape index (κ3) is 3.57. The topological polar surface area (TPSA) is 69.6 Å². The van der Waals surface area contributed by atoms with E-state index >= 15 is 0 Å². The summed E-state index contributed by atoms with van der Waals surface area (Å²) in [6.45, 7) is 9.13. The smallest absolute Gasteiger partial charge is 0.307 e. The number of carboxylic acid groups (broad SMARTS) is 1. The molecule has 0 spiro atoms. The van der Waals surface area contributed by atoms with Gasteiger partial charge in [-0.25, -0.2) is 0 Å². The summed E-state index contributed by atoms with van der Waals surface area (Å²) in [5.74, 6) is -1.82. The predicted octanol–water partition coefficient (Wildman–Crippen LogP) is 1.72. The highest BCUT2D eigenvalue weighted by molar-refractivity contribution is 5.91. The molecule has 1 heterocycles. The summed E-state index contributed by atoms with van der Waals surface area (Å²) in [5, 5.41) is 12.2. The second-order valence-corrected chi connectivity index (χ2v) is 7.09. The van der Waals surface area contributed by atoms with E-state index in [2.05, 4.69) is 17.1 Å². The van der Waals surface area contributed by atoms with Crippen LogP contribution in [0.5, 0.6) is 0 Å². The Kier molecular flexibility index (Phi) is 4.91. The molecule has 2 N–H and O–H groups in total. The number of unbranched alkanes of at least 4 members (excludes halogenated alkanes) is 1. The van der Waals surface area contributed by atoms with Crippen molar-refractivity contribution in [2.75, 3.05) is 19.6 Å². The predicted molar refractivity (Wildman–Crippen MR) is 80.9 cm³/mol. The quantitative estimate of drug-likeness (QED) is 0.783. The number of rotatable bonds is 6. The number of carbonyl (C=O) groups is 2. The molecule has 5 heteroatoms. The summed E-state index contributed by atoms with van der Waals surface area (Å²) in [5.41, 5.74) is -0.405. The minimum atomic E-state index is -0.852. The van der Waals surface area contributed by atoms with E-state index in [4.69, 9.17) is 5.11 Å². The molecule has 120 valence electrons. The van der Waals surface area contributed by atoms with Crippen LogP contribution >= 0.6 is 0 Å². The van der Waals surface area contributed by atoms with Gasteiger partial charge >= 0.3 is 5.97 Å². The maximum absolute atomic E-state index is 12.3. The van der Waals surface area contributed by atoms with Crippen molar-refractivity contribution >= 4 is 11.9 Å². The molecule has 0 bridgehead atoms. The Morgan fingerprint density at radius 2 is 1.86 bits per heavy atom. The van der Waals surface area contributed by atoms with Crippen LogP contribution in [0.25, 0.3) is 0 Å². The lowest BCUT2D eigenvalue weighted by Gasteiger charge is -2.32. The Hall–Kier alpha value is -1.10.